The number of hydrogen-bond donors (Lipinski definition) is 1. The number of carboxylic acid groups (broad SMARTS) is 1. The van der Waals surface area contributed by atoms with Gasteiger partial charge < -0.3 is 14.5 Å². The molecule has 0 bridgehead atoms. The van der Waals surface area contributed by atoms with Crippen LogP contribution in [0.15, 0.2) is 47.0 Å². The summed E-state index contributed by atoms with van der Waals surface area (Å²) in [6, 6.07) is 11.8. The van der Waals surface area contributed by atoms with Crippen LogP contribution in [0, 0.1) is 20.8 Å². The van der Waals surface area contributed by atoms with E-state index in [-0.39, 0.29) is 12.3 Å². The molecule has 0 saturated carbocycles. The molecule has 28 heavy (non-hydrogen) atoms. The van der Waals surface area contributed by atoms with Gasteiger partial charge in [-0.25, -0.2) is 4.79 Å². The fourth-order valence-corrected chi connectivity index (χ4v) is 3.35. The minimum atomic E-state index is -1.04. The van der Waals surface area contributed by atoms with E-state index in [1.54, 1.807) is 19.1 Å². The molecule has 2 heterocycles. The highest BCUT2D eigenvalue weighted by atomic mass is 16.5. The van der Waals surface area contributed by atoms with Crippen LogP contribution in [0.25, 0.3) is 5.82 Å². The summed E-state index contributed by atoms with van der Waals surface area (Å²) in [5.41, 5.74) is 2.81. The highest BCUT2D eigenvalue weighted by Crippen LogP contribution is 2.23. The number of aliphatic carboxylic acids is 1. The van der Waals surface area contributed by atoms with Crippen LogP contribution in [0.5, 0.6) is 0 Å². The van der Waals surface area contributed by atoms with Gasteiger partial charge >= 0.3 is 5.97 Å². The normalized spacial score (nSPS) is 12.0. The zero-order valence-corrected chi connectivity index (χ0v) is 16.3. The quantitative estimate of drug-likeness (QED) is 0.708. The summed E-state index contributed by atoms with van der Waals surface area (Å²) >= 11 is 0. The zero-order chi connectivity index (χ0) is 20.4. The number of rotatable bonds is 6. The van der Waals surface area contributed by atoms with Gasteiger partial charge in [-0.1, -0.05) is 35.5 Å². The first-order chi connectivity index (χ1) is 13.3. The highest BCUT2D eigenvalue weighted by Gasteiger charge is 2.30. The maximum absolute atomic E-state index is 13.1. The largest absolute Gasteiger partial charge is 0.480 e. The maximum Gasteiger partial charge on any atom is 0.326 e. The van der Waals surface area contributed by atoms with Gasteiger partial charge in [0.25, 0.3) is 5.91 Å². The first-order valence-electron chi connectivity index (χ1n) is 8.96. The minimum absolute atomic E-state index is 0.236. The van der Waals surface area contributed by atoms with Crippen LogP contribution in [-0.4, -0.2) is 44.7 Å². The van der Waals surface area contributed by atoms with Crippen molar-refractivity contribution in [1.82, 2.24) is 14.6 Å². The van der Waals surface area contributed by atoms with Crippen molar-refractivity contribution in [1.29, 1.82) is 0 Å². The predicted molar refractivity (Wildman–Crippen MR) is 104 cm³/mol. The van der Waals surface area contributed by atoms with Gasteiger partial charge in [0.05, 0.1) is 5.56 Å². The van der Waals surface area contributed by atoms with Crippen molar-refractivity contribution in [3.8, 4) is 5.82 Å². The van der Waals surface area contributed by atoms with Crippen molar-refractivity contribution < 1.29 is 19.2 Å². The smallest absolute Gasteiger partial charge is 0.326 e. The van der Waals surface area contributed by atoms with Crippen LogP contribution in [0.2, 0.25) is 0 Å². The summed E-state index contributed by atoms with van der Waals surface area (Å²) in [6.45, 7) is 5.48. The van der Waals surface area contributed by atoms with Gasteiger partial charge in [0.15, 0.2) is 5.82 Å². The van der Waals surface area contributed by atoms with Gasteiger partial charge in [-0.2, -0.15) is 0 Å². The number of benzene rings is 1. The van der Waals surface area contributed by atoms with Gasteiger partial charge in [0, 0.05) is 30.9 Å². The van der Waals surface area contributed by atoms with Crippen molar-refractivity contribution in [3.05, 3.63) is 70.7 Å². The number of nitrogens with zero attached hydrogens (tertiary/aromatic N) is 3. The summed E-state index contributed by atoms with van der Waals surface area (Å²) in [7, 11) is 1.52. The Hall–Kier alpha value is -3.35. The molecule has 0 fully saturated rings. The molecular formula is C21H23N3O4. The predicted octanol–water partition coefficient (Wildman–Crippen LogP) is 3.16. The number of likely N-dealkylation sites (N-methyl/N-ethyl adjacent to an activating group) is 1. The second-order valence-electron chi connectivity index (χ2n) is 6.88. The topological polar surface area (TPSA) is 88.6 Å². The molecule has 0 aliphatic heterocycles. The van der Waals surface area contributed by atoms with Gasteiger partial charge in [-0.05, 0) is 32.4 Å². The van der Waals surface area contributed by atoms with Crippen LogP contribution < -0.4 is 0 Å². The summed E-state index contributed by atoms with van der Waals surface area (Å²) < 4.78 is 6.96. The summed E-state index contributed by atoms with van der Waals surface area (Å²) in [6.07, 6.45) is 0.236. The molecular weight excluding hydrogens is 358 g/mol. The van der Waals surface area contributed by atoms with Crippen molar-refractivity contribution >= 4 is 11.9 Å². The molecule has 3 aromatic rings. The fraction of sp³-hybridized carbons (Fsp3) is 0.286. The summed E-state index contributed by atoms with van der Waals surface area (Å²) in [5.74, 6) is -0.127. The Balaban J connectivity index is 1.91. The molecule has 0 radical (unpaired) electrons. The first kappa shape index (κ1) is 19.4. The van der Waals surface area contributed by atoms with E-state index in [0.29, 0.717) is 22.8 Å². The zero-order valence-electron chi connectivity index (χ0n) is 16.3. The molecule has 1 N–H and O–H groups in total. The van der Waals surface area contributed by atoms with Crippen LogP contribution in [0.4, 0.5) is 0 Å². The Morgan fingerprint density at radius 1 is 1.18 bits per heavy atom. The molecule has 7 nitrogen and oxygen atoms in total. The second kappa shape index (κ2) is 7.72. The molecule has 146 valence electrons. The molecule has 3 rings (SSSR count). The standard InChI is InChI=1S/C21H23N3O4/c1-13-10-17(15(3)24(13)19-11-14(2)28-22-19)20(25)23(4)18(21(26)27)12-16-8-6-5-7-9-16/h5-11,18H,12H2,1-4H3,(H,26,27). The molecule has 1 amide bonds. The van der Waals surface area contributed by atoms with Gasteiger partial charge in [0.1, 0.15) is 11.8 Å². The minimum Gasteiger partial charge on any atom is -0.480 e. The fourth-order valence-electron chi connectivity index (χ4n) is 3.35. The van der Waals surface area contributed by atoms with Crippen molar-refractivity contribution in [2.24, 2.45) is 0 Å². The summed E-state index contributed by atoms with van der Waals surface area (Å²) in [5, 5.41) is 13.7. The SMILES string of the molecule is Cc1cc(-n2c(C)cc(C(=O)N(C)C(Cc3ccccc3)C(=O)O)c2C)no1. The van der Waals surface area contributed by atoms with E-state index >= 15 is 0 Å². The Morgan fingerprint density at radius 3 is 2.43 bits per heavy atom. The lowest BCUT2D eigenvalue weighted by Gasteiger charge is -2.25. The molecule has 0 spiro atoms. The number of hydrogen-bond acceptors (Lipinski definition) is 4. The molecule has 0 saturated heterocycles. The molecule has 1 unspecified atom stereocenters. The molecule has 0 aliphatic rings. The Bertz CT molecular complexity index is 1000. The van der Waals surface area contributed by atoms with Crippen LogP contribution in [0.3, 0.4) is 0 Å². The van der Waals surface area contributed by atoms with E-state index in [2.05, 4.69) is 5.16 Å². The van der Waals surface area contributed by atoms with Gasteiger partial charge in [-0.15, -0.1) is 0 Å². The summed E-state index contributed by atoms with van der Waals surface area (Å²) in [4.78, 5) is 26.2. The molecule has 1 atom stereocenters. The van der Waals surface area contributed by atoms with E-state index in [0.717, 1.165) is 11.3 Å². The van der Waals surface area contributed by atoms with Crippen LogP contribution >= 0.6 is 0 Å². The van der Waals surface area contributed by atoms with Gasteiger partial charge in [-0.3, -0.25) is 9.36 Å². The third-order valence-corrected chi connectivity index (χ3v) is 4.85. The lowest BCUT2D eigenvalue weighted by molar-refractivity contribution is -0.141. The van der Waals surface area contributed by atoms with Crippen molar-refractivity contribution in [2.75, 3.05) is 7.05 Å². The van der Waals surface area contributed by atoms with E-state index in [1.165, 1.54) is 11.9 Å². The van der Waals surface area contributed by atoms with Crippen LogP contribution in [0.1, 0.15) is 33.1 Å². The van der Waals surface area contributed by atoms with E-state index in [1.807, 2.05) is 48.7 Å². The first-order valence-corrected chi connectivity index (χ1v) is 8.96. The number of carbonyl (C=O) groups excluding carboxylic acids is 1. The molecule has 2 aromatic heterocycles. The molecule has 7 heteroatoms. The van der Waals surface area contributed by atoms with Gasteiger partial charge in [0.2, 0.25) is 0 Å². The van der Waals surface area contributed by atoms with E-state index in [9.17, 15) is 14.7 Å². The van der Waals surface area contributed by atoms with Crippen LogP contribution in [-0.2, 0) is 11.2 Å². The highest BCUT2D eigenvalue weighted by molar-refractivity contribution is 5.98. The Morgan fingerprint density at radius 2 is 1.86 bits per heavy atom. The van der Waals surface area contributed by atoms with E-state index < -0.39 is 12.0 Å². The number of aryl methyl sites for hydroxylation is 2. The number of amides is 1. The monoisotopic (exact) mass is 381 g/mol. The van der Waals surface area contributed by atoms with E-state index in [4.69, 9.17) is 4.52 Å². The average molecular weight is 381 g/mol. The average Bonchev–Trinajstić information content (AvgIpc) is 3.21. The number of carbonyl (C=O) groups is 2. The number of aromatic nitrogens is 2. The lowest BCUT2D eigenvalue weighted by atomic mass is 10.0. The molecule has 0 aliphatic carbocycles. The third kappa shape index (κ3) is 3.69. The lowest BCUT2D eigenvalue weighted by Crippen LogP contribution is -2.44. The van der Waals surface area contributed by atoms with Crippen molar-refractivity contribution in [2.45, 2.75) is 33.2 Å². The molecule has 1 aromatic carbocycles. The second-order valence-corrected chi connectivity index (χ2v) is 6.88. The van der Waals surface area contributed by atoms with Crippen molar-refractivity contribution in [3.63, 3.8) is 0 Å². The Kier molecular flexibility index (Phi) is 5.35. The maximum atomic E-state index is 13.1. The number of carboxylic acids is 1. The Labute approximate surface area is 163 Å². The third-order valence-electron chi connectivity index (χ3n) is 4.85.